The molecular weight excluding hydrogens is 505 g/mol. The van der Waals surface area contributed by atoms with Crippen LogP contribution in [0.2, 0.25) is 0 Å². The number of ketones is 1. The summed E-state index contributed by atoms with van der Waals surface area (Å²) in [6.07, 6.45) is -3.48. The summed E-state index contributed by atoms with van der Waals surface area (Å²) in [5, 5.41) is 13.4. The van der Waals surface area contributed by atoms with Crippen molar-refractivity contribution in [2.24, 2.45) is 11.8 Å². The molecule has 8 heteroatoms. The highest BCUT2D eigenvalue weighted by atomic mass is 19.4. The van der Waals surface area contributed by atoms with Crippen LogP contribution in [-0.2, 0) is 22.8 Å². The lowest BCUT2D eigenvalue weighted by Gasteiger charge is -2.24. The van der Waals surface area contributed by atoms with Crippen molar-refractivity contribution in [1.82, 2.24) is 10.2 Å². The number of benzene rings is 2. The smallest absolute Gasteiger partial charge is 0.392 e. The lowest BCUT2D eigenvalue weighted by atomic mass is 9.93. The zero-order valence-corrected chi connectivity index (χ0v) is 23.6. The molecule has 1 amide bonds. The average Bonchev–Trinajstić information content (AvgIpc) is 3.47. The number of carbonyl (C=O) groups excluding carboxylic acids is 2. The molecule has 5 nitrogen and oxygen atoms in total. The summed E-state index contributed by atoms with van der Waals surface area (Å²) >= 11 is 0. The number of Topliss-reactive ketones (excluding diaryl/α,β-unsaturated/α-hetero) is 1. The molecule has 2 aromatic carbocycles. The van der Waals surface area contributed by atoms with Crippen molar-refractivity contribution < 1.29 is 27.9 Å². The molecular formula is C31H41F3N2O3. The maximum Gasteiger partial charge on any atom is 0.416 e. The number of halogens is 3. The molecule has 1 saturated heterocycles. The normalized spacial score (nSPS) is 21.1. The lowest BCUT2D eigenvalue weighted by molar-refractivity contribution is -0.137. The summed E-state index contributed by atoms with van der Waals surface area (Å²) in [6.45, 7) is 11.7. The van der Waals surface area contributed by atoms with E-state index in [4.69, 9.17) is 0 Å². The molecule has 2 fully saturated rings. The molecule has 0 bridgehead atoms. The summed E-state index contributed by atoms with van der Waals surface area (Å²) in [7, 11) is 0. The molecule has 0 spiro atoms. The van der Waals surface area contributed by atoms with E-state index in [1.54, 1.807) is 18.2 Å². The van der Waals surface area contributed by atoms with Crippen LogP contribution in [0.15, 0.2) is 42.5 Å². The Balaban J connectivity index is 0.00000205. The second-order valence-corrected chi connectivity index (χ2v) is 11.0. The van der Waals surface area contributed by atoms with E-state index in [1.165, 1.54) is 12.1 Å². The Morgan fingerprint density at radius 1 is 1.15 bits per heavy atom. The monoisotopic (exact) mass is 546 g/mol. The molecule has 1 saturated carbocycles. The van der Waals surface area contributed by atoms with Gasteiger partial charge in [-0.1, -0.05) is 52.0 Å². The molecule has 3 atom stereocenters. The Bertz CT molecular complexity index is 1160. The summed E-state index contributed by atoms with van der Waals surface area (Å²) in [5.41, 5.74) is 2.14. The number of alkyl halides is 3. The highest BCUT2D eigenvalue weighted by Gasteiger charge is 2.60. The number of rotatable bonds is 10. The maximum absolute atomic E-state index is 13.2. The number of nitrogens with one attached hydrogen (secondary N) is 1. The van der Waals surface area contributed by atoms with E-state index in [-0.39, 0.29) is 23.0 Å². The Hall–Kier alpha value is -2.71. The fourth-order valence-corrected chi connectivity index (χ4v) is 5.42. The van der Waals surface area contributed by atoms with E-state index in [1.807, 2.05) is 40.7 Å². The van der Waals surface area contributed by atoms with Gasteiger partial charge in [0.05, 0.1) is 11.7 Å². The van der Waals surface area contributed by atoms with Crippen LogP contribution in [-0.4, -0.2) is 54.0 Å². The first-order valence-corrected chi connectivity index (χ1v) is 13.9. The Morgan fingerprint density at radius 2 is 1.87 bits per heavy atom. The predicted molar refractivity (Wildman–Crippen MR) is 147 cm³/mol. The third-order valence-electron chi connectivity index (χ3n) is 7.83. The number of aliphatic hydroxyl groups is 1. The first kappa shape index (κ1) is 30.8. The fraction of sp³-hybridized carbons (Fsp3) is 0.548. The second kappa shape index (κ2) is 12.6. The summed E-state index contributed by atoms with van der Waals surface area (Å²) < 4.78 is 39.5. The number of nitrogens with zero attached hydrogens (tertiary/aromatic N) is 1. The van der Waals surface area contributed by atoms with Crippen LogP contribution < -0.4 is 5.32 Å². The Morgan fingerprint density at radius 3 is 2.54 bits per heavy atom. The summed E-state index contributed by atoms with van der Waals surface area (Å²) in [4.78, 5) is 26.9. The van der Waals surface area contributed by atoms with Crippen LogP contribution in [0.4, 0.5) is 13.2 Å². The summed E-state index contributed by atoms with van der Waals surface area (Å²) in [5.74, 6) is 0.107. The Kier molecular flexibility index (Phi) is 9.99. The van der Waals surface area contributed by atoms with E-state index >= 15 is 0 Å². The van der Waals surface area contributed by atoms with Crippen molar-refractivity contribution in [2.75, 3.05) is 26.2 Å². The molecule has 4 rings (SSSR count). The molecule has 214 valence electrons. The highest BCUT2D eigenvalue weighted by Crippen LogP contribution is 2.59. The lowest BCUT2D eigenvalue weighted by Crippen LogP contribution is -2.36. The standard InChI is InChI=1S/C29H35F3N2O3.C2H6/c1-18(2)26(36)12-21-11-20(8-7-19(21)3)27(37)33-10-9-25(35)16-34-15-24-14-28(24,17-34)22-5-4-6-23(13-22)29(30,31)32;1-2/h4-8,11,13,18,24-25,35H,9-10,12,14-17H2,1-3H3,(H,33,37);1-2H3. The van der Waals surface area contributed by atoms with Gasteiger partial charge in [-0.25, -0.2) is 0 Å². The van der Waals surface area contributed by atoms with Gasteiger partial charge in [0.1, 0.15) is 5.78 Å². The van der Waals surface area contributed by atoms with Crippen LogP contribution in [0.25, 0.3) is 0 Å². The topological polar surface area (TPSA) is 69.6 Å². The van der Waals surface area contributed by atoms with E-state index in [0.29, 0.717) is 44.0 Å². The van der Waals surface area contributed by atoms with Gasteiger partial charge in [0.15, 0.2) is 0 Å². The molecule has 1 aliphatic carbocycles. The van der Waals surface area contributed by atoms with Gasteiger partial charge in [0.2, 0.25) is 0 Å². The molecule has 1 aliphatic heterocycles. The molecule has 0 radical (unpaired) electrons. The number of fused-ring (bicyclic) bond motifs is 1. The van der Waals surface area contributed by atoms with Gasteiger partial charge < -0.3 is 10.4 Å². The number of aliphatic hydroxyl groups excluding tert-OH is 1. The number of hydrogen-bond acceptors (Lipinski definition) is 4. The van der Waals surface area contributed by atoms with Crippen LogP contribution in [0, 0.1) is 18.8 Å². The van der Waals surface area contributed by atoms with E-state index in [0.717, 1.165) is 35.7 Å². The quantitative estimate of drug-likeness (QED) is 0.409. The maximum atomic E-state index is 13.2. The van der Waals surface area contributed by atoms with Gasteiger partial charge in [-0.05, 0) is 60.6 Å². The average molecular weight is 547 g/mol. The van der Waals surface area contributed by atoms with Crippen molar-refractivity contribution in [3.05, 3.63) is 70.3 Å². The molecule has 0 aromatic heterocycles. The number of hydrogen-bond donors (Lipinski definition) is 2. The van der Waals surface area contributed by atoms with Gasteiger partial charge >= 0.3 is 6.18 Å². The molecule has 2 aliphatic rings. The first-order valence-electron chi connectivity index (χ1n) is 13.9. The second-order valence-electron chi connectivity index (χ2n) is 11.0. The largest absolute Gasteiger partial charge is 0.416 e. The highest BCUT2D eigenvalue weighted by molar-refractivity contribution is 5.95. The number of likely N-dealkylation sites (tertiary alicyclic amines) is 1. The van der Waals surface area contributed by atoms with E-state index in [2.05, 4.69) is 10.2 Å². The van der Waals surface area contributed by atoms with Crippen molar-refractivity contribution in [1.29, 1.82) is 0 Å². The Labute approximate surface area is 229 Å². The number of aryl methyl sites for hydroxylation is 1. The minimum absolute atomic E-state index is 0.0696. The predicted octanol–water partition coefficient (Wildman–Crippen LogP) is 5.56. The van der Waals surface area contributed by atoms with E-state index < -0.39 is 17.8 Å². The van der Waals surface area contributed by atoms with Crippen LogP contribution in [0.3, 0.4) is 0 Å². The number of carbonyl (C=O) groups is 2. The number of β-amino-alcohol motifs (C(OH)–C–C–N with tert-alkyl or cyclic N) is 1. The molecule has 2 N–H and O–H groups in total. The zero-order chi connectivity index (χ0) is 29.0. The number of piperidine rings is 1. The minimum atomic E-state index is -4.36. The van der Waals surface area contributed by atoms with Crippen LogP contribution in [0.1, 0.15) is 73.1 Å². The summed E-state index contributed by atoms with van der Waals surface area (Å²) in [6, 6.07) is 10.9. The van der Waals surface area contributed by atoms with Crippen LogP contribution >= 0.6 is 0 Å². The van der Waals surface area contributed by atoms with E-state index in [9.17, 15) is 27.9 Å². The van der Waals surface area contributed by atoms with Crippen molar-refractivity contribution in [3.63, 3.8) is 0 Å². The van der Waals surface area contributed by atoms with Crippen LogP contribution in [0.5, 0.6) is 0 Å². The van der Waals surface area contributed by atoms with Gasteiger partial charge in [-0.3, -0.25) is 14.5 Å². The van der Waals surface area contributed by atoms with Crippen molar-refractivity contribution in [2.45, 2.75) is 71.6 Å². The third-order valence-corrected chi connectivity index (χ3v) is 7.83. The minimum Gasteiger partial charge on any atom is -0.392 e. The molecule has 1 heterocycles. The van der Waals surface area contributed by atoms with Gasteiger partial charge in [-0.15, -0.1) is 0 Å². The fourth-order valence-electron chi connectivity index (χ4n) is 5.42. The van der Waals surface area contributed by atoms with Crippen molar-refractivity contribution >= 4 is 11.7 Å². The first-order chi connectivity index (χ1) is 18.4. The zero-order valence-electron chi connectivity index (χ0n) is 23.6. The number of amides is 1. The van der Waals surface area contributed by atoms with Gasteiger partial charge in [-0.2, -0.15) is 13.2 Å². The third kappa shape index (κ3) is 7.48. The molecule has 3 unspecified atom stereocenters. The van der Waals surface area contributed by atoms with Crippen molar-refractivity contribution in [3.8, 4) is 0 Å². The SMILES string of the molecule is CC.Cc1ccc(C(=O)NCCC(O)CN2CC3CC3(c3cccc(C(F)(F)F)c3)C2)cc1CC(=O)C(C)C. The molecule has 39 heavy (non-hydrogen) atoms. The van der Waals surface area contributed by atoms with Gasteiger partial charge in [0, 0.05) is 49.5 Å². The molecule has 2 aromatic rings. The van der Waals surface area contributed by atoms with Gasteiger partial charge in [0.25, 0.3) is 5.91 Å².